The molecular formula is C20H20N2O4. The molecule has 0 spiro atoms. The number of benzene rings is 2. The zero-order chi connectivity index (χ0) is 18.7. The lowest BCUT2D eigenvalue weighted by atomic mass is 10.0. The van der Waals surface area contributed by atoms with Crippen molar-refractivity contribution in [2.45, 2.75) is 13.0 Å². The van der Waals surface area contributed by atoms with Crippen LogP contribution in [0.25, 0.3) is 10.8 Å². The van der Waals surface area contributed by atoms with Gasteiger partial charge in [-0.2, -0.15) is 0 Å². The van der Waals surface area contributed by atoms with Gasteiger partial charge in [0, 0.05) is 28.6 Å². The maximum absolute atomic E-state index is 12.8. The van der Waals surface area contributed by atoms with Crippen molar-refractivity contribution >= 4 is 16.7 Å². The van der Waals surface area contributed by atoms with Gasteiger partial charge >= 0.3 is 0 Å². The molecule has 0 aliphatic rings. The van der Waals surface area contributed by atoms with Crippen molar-refractivity contribution in [3.8, 4) is 11.5 Å². The molecule has 6 heteroatoms. The third-order valence-corrected chi connectivity index (χ3v) is 4.31. The van der Waals surface area contributed by atoms with Crippen molar-refractivity contribution < 1.29 is 14.3 Å². The predicted molar refractivity (Wildman–Crippen MR) is 100.0 cm³/mol. The molecule has 0 aliphatic heterocycles. The molecule has 2 aromatic carbocycles. The number of H-pyrrole nitrogens is 1. The maximum Gasteiger partial charge on any atom is 0.255 e. The molecular weight excluding hydrogens is 332 g/mol. The van der Waals surface area contributed by atoms with E-state index in [0.29, 0.717) is 27.8 Å². The van der Waals surface area contributed by atoms with Crippen molar-refractivity contribution in [2.75, 3.05) is 14.2 Å². The van der Waals surface area contributed by atoms with Crippen molar-refractivity contribution in [2.24, 2.45) is 0 Å². The first kappa shape index (κ1) is 17.5. The first-order valence-corrected chi connectivity index (χ1v) is 8.18. The standard InChI is InChI=1S/C20H20N2O4/c1-12(14-9-8-13(25-2)10-18(14)26-3)22-20(24)17-11-21-19(23)16-7-5-4-6-15(16)17/h4-12H,1-3H3,(H,21,23)(H,22,24)/t12-/m1/s1. The molecule has 0 radical (unpaired) electrons. The minimum Gasteiger partial charge on any atom is -0.497 e. The van der Waals surface area contributed by atoms with E-state index in [1.165, 1.54) is 6.20 Å². The smallest absolute Gasteiger partial charge is 0.255 e. The van der Waals surface area contributed by atoms with E-state index < -0.39 is 0 Å². The van der Waals surface area contributed by atoms with Gasteiger partial charge in [0.15, 0.2) is 0 Å². The van der Waals surface area contributed by atoms with Crippen LogP contribution >= 0.6 is 0 Å². The number of aromatic amines is 1. The number of hydrogen-bond acceptors (Lipinski definition) is 4. The minimum atomic E-state index is -0.297. The normalized spacial score (nSPS) is 11.8. The van der Waals surface area contributed by atoms with E-state index in [0.717, 1.165) is 5.56 Å². The molecule has 6 nitrogen and oxygen atoms in total. The van der Waals surface area contributed by atoms with Gasteiger partial charge in [0.1, 0.15) is 11.5 Å². The number of ether oxygens (including phenoxy) is 2. The highest BCUT2D eigenvalue weighted by Crippen LogP contribution is 2.29. The molecule has 134 valence electrons. The lowest BCUT2D eigenvalue weighted by molar-refractivity contribution is 0.0941. The summed E-state index contributed by atoms with van der Waals surface area (Å²) in [5.41, 5.74) is 1.02. The molecule has 26 heavy (non-hydrogen) atoms. The van der Waals surface area contributed by atoms with Gasteiger partial charge in [-0.25, -0.2) is 0 Å². The van der Waals surface area contributed by atoms with E-state index in [9.17, 15) is 9.59 Å². The highest BCUT2D eigenvalue weighted by atomic mass is 16.5. The molecule has 1 heterocycles. The van der Waals surface area contributed by atoms with Crippen LogP contribution in [0.1, 0.15) is 28.9 Å². The Balaban J connectivity index is 1.91. The topological polar surface area (TPSA) is 80.4 Å². The minimum absolute atomic E-state index is 0.220. The molecule has 3 rings (SSSR count). The SMILES string of the molecule is COc1ccc([C@@H](C)NC(=O)c2c[nH]c(=O)c3ccccc23)c(OC)c1. The number of rotatable bonds is 5. The number of methoxy groups -OCH3 is 2. The Morgan fingerprint density at radius 2 is 1.81 bits per heavy atom. The summed E-state index contributed by atoms with van der Waals surface area (Å²) in [6.07, 6.45) is 1.44. The Bertz CT molecular complexity index is 1010. The van der Waals surface area contributed by atoms with Crippen LogP contribution in [0.2, 0.25) is 0 Å². The number of amides is 1. The van der Waals surface area contributed by atoms with Gasteiger partial charge in [-0.15, -0.1) is 0 Å². The van der Waals surface area contributed by atoms with Gasteiger partial charge in [-0.3, -0.25) is 9.59 Å². The second-order valence-corrected chi connectivity index (χ2v) is 5.88. The summed E-state index contributed by atoms with van der Waals surface area (Å²) in [7, 11) is 3.16. The average Bonchev–Trinajstić information content (AvgIpc) is 2.67. The van der Waals surface area contributed by atoms with Crippen molar-refractivity contribution in [3.63, 3.8) is 0 Å². The van der Waals surface area contributed by atoms with Crippen molar-refractivity contribution in [1.82, 2.24) is 10.3 Å². The van der Waals surface area contributed by atoms with Gasteiger partial charge in [-0.05, 0) is 25.1 Å². The fraction of sp³-hybridized carbons (Fsp3) is 0.200. The molecule has 0 bridgehead atoms. The number of carbonyl (C=O) groups is 1. The van der Waals surface area contributed by atoms with Crippen molar-refractivity contribution in [3.05, 3.63) is 70.1 Å². The van der Waals surface area contributed by atoms with Gasteiger partial charge < -0.3 is 19.8 Å². The fourth-order valence-electron chi connectivity index (χ4n) is 2.93. The number of aromatic nitrogens is 1. The molecule has 0 saturated heterocycles. The molecule has 1 amide bonds. The van der Waals surface area contributed by atoms with Crippen LogP contribution in [0.15, 0.2) is 53.5 Å². The number of carbonyl (C=O) groups excluding carboxylic acids is 1. The lowest BCUT2D eigenvalue weighted by Gasteiger charge is -2.18. The quantitative estimate of drug-likeness (QED) is 0.740. The third-order valence-electron chi connectivity index (χ3n) is 4.31. The van der Waals surface area contributed by atoms with Crippen molar-refractivity contribution in [1.29, 1.82) is 0 Å². The second-order valence-electron chi connectivity index (χ2n) is 5.88. The summed E-state index contributed by atoms with van der Waals surface area (Å²) in [6, 6.07) is 12.2. The summed E-state index contributed by atoms with van der Waals surface area (Å²) >= 11 is 0. The Morgan fingerprint density at radius 1 is 1.08 bits per heavy atom. The van der Waals surface area contributed by atoms with Gasteiger partial charge in [-0.1, -0.05) is 18.2 Å². The van der Waals surface area contributed by atoms with Crippen LogP contribution in [0.5, 0.6) is 11.5 Å². The van der Waals surface area contributed by atoms with Gasteiger partial charge in [0.2, 0.25) is 0 Å². The van der Waals surface area contributed by atoms with E-state index in [1.807, 2.05) is 19.1 Å². The highest BCUT2D eigenvalue weighted by molar-refractivity contribution is 6.06. The van der Waals surface area contributed by atoms with E-state index in [4.69, 9.17) is 9.47 Å². The fourth-order valence-corrected chi connectivity index (χ4v) is 2.93. The third kappa shape index (κ3) is 3.26. The summed E-state index contributed by atoms with van der Waals surface area (Å²) in [6.45, 7) is 1.87. The van der Waals surface area contributed by atoms with E-state index in [2.05, 4.69) is 10.3 Å². The van der Waals surface area contributed by atoms with Gasteiger partial charge in [0.05, 0.1) is 25.8 Å². The van der Waals surface area contributed by atoms with E-state index >= 15 is 0 Å². The first-order chi connectivity index (χ1) is 12.5. The summed E-state index contributed by atoms with van der Waals surface area (Å²) in [5.74, 6) is 1.03. The second kappa shape index (κ2) is 7.31. The molecule has 0 fully saturated rings. The van der Waals surface area contributed by atoms with Crippen LogP contribution in [0, 0.1) is 0 Å². The molecule has 0 aliphatic carbocycles. The van der Waals surface area contributed by atoms with Crippen LogP contribution in [-0.2, 0) is 0 Å². The van der Waals surface area contributed by atoms with Crippen LogP contribution in [0.4, 0.5) is 0 Å². The predicted octanol–water partition coefficient (Wildman–Crippen LogP) is 3.04. The molecule has 1 aromatic heterocycles. The number of hydrogen-bond donors (Lipinski definition) is 2. The molecule has 2 N–H and O–H groups in total. The van der Waals surface area contributed by atoms with Crippen LogP contribution in [0.3, 0.4) is 0 Å². The van der Waals surface area contributed by atoms with Crippen LogP contribution in [-0.4, -0.2) is 25.1 Å². The Hall–Kier alpha value is -3.28. The largest absolute Gasteiger partial charge is 0.497 e. The molecule has 0 unspecified atom stereocenters. The molecule has 1 atom stereocenters. The molecule has 3 aromatic rings. The number of fused-ring (bicyclic) bond motifs is 1. The average molecular weight is 352 g/mol. The zero-order valence-electron chi connectivity index (χ0n) is 14.8. The van der Waals surface area contributed by atoms with E-state index in [-0.39, 0.29) is 17.5 Å². The van der Waals surface area contributed by atoms with E-state index in [1.54, 1.807) is 44.6 Å². The maximum atomic E-state index is 12.8. The Kier molecular flexibility index (Phi) is 4.93. The summed E-state index contributed by atoms with van der Waals surface area (Å²) in [5, 5.41) is 4.05. The molecule has 0 saturated carbocycles. The number of nitrogens with one attached hydrogen (secondary N) is 2. The van der Waals surface area contributed by atoms with Crippen LogP contribution < -0.4 is 20.3 Å². The van der Waals surface area contributed by atoms with Gasteiger partial charge in [0.25, 0.3) is 11.5 Å². The lowest BCUT2D eigenvalue weighted by Crippen LogP contribution is -2.28. The number of pyridine rings is 1. The monoisotopic (exact) mass is 352 g/mol. The summed E-state index contributed by atoms with van der Waals surface area (Å²) < 4.78 is 10.6. The highest BCUT2D eigenvalue weighted by Gasteiger charge is 2.18. The first-order valence-electron chi connectivity index (χ1n) is 8.18. The Labute approximate surface area is 150 Å². The Morgan fingerprint density at radius 3 is 2.50 bits per heavy atom. The zero-order valence-corrected chi connectivity index (χ0v) is 14.8. The summed E-state index contributed by atoms with van der Waals surface area (Å²) in [4.78, 5) is 27.3.